The largest absolute Gasteiger partial charge is 0.497 e. The Hall–Kier alpha value is -2.30. The van der Waals surface area contributed by atoms with Gasteiger partial charge >= 0.3 is 0 Å². The average molecular weight is 386 g/mol. The van der Waals surface area contributed by atoms with Gasteiger partial charge in [0.2, 0.25) is 10.0 Å². The molecule has 2 aromatic carbocycles. The number of nitrogens with one attached hydrogen (secondary N) is 1. The van der Waals surface area contributed by atoms with E-state index in [1.165, 1.54) is 50.6 Å². The monoisotopic (exact) mass is 386 g/mol. The van der Waals surface area contributed by atoms with Crippen LogP contribution >= 0.6 is 0 Å². The van der Waals surface area contributed by atoms with Crippen LogP contribution in [0.1, 0.15) is 5.56 Å². The summed E-state index contributed by atoms with van der Waals surface area (Å²) >= 11 is 0. The van der Waals surface area contributed by atoms with Crippen LogP contribution in [0.4, 0.5) is 5.69 Å². The Morgan fingerprint density at radius 3 is 2.12 bits per heavy atom. The number of primary sulfonamides is 1. The number of methoxy groups -OCH3 is 2. The van der Waals surface area contributed by atoms with Gasteiger partial charge in [0.25, 0.3) is 10.0 Å². The van der Waals surface area contributed by atoms with Crippen molar-refractivity contribution in [3.05, 3.63) is 48.0 Å². The van der Waals surface area contributed by atoms with Gasteiger partial charge in [-0.2, -0.15) is 0 Å². The molecular formula is C15H18N2O6S2. The van der Waals surface area contributed by atoms with Crippen LogP contribution in [0.25, 0.3) is 0 Å². The summed E-state index contributed by atoms with van der Waals surface area (Å²) in [6, 6.07) is 10.3. The Labute approximate surface area is 146 Å². The molecule has 10 heteroatoms. The number of hydrogen-bond donors (Lipinski definition) is 2. The molecule has 0 heterocycles. The van der Waals surface area contributed by atoms with E-state index in [1.54, 1.807) is 6.07 Å². The quantitative estimate of drug-likeness (QED) is 0.739. The Bertz CT molecular complexity index is 954. The van der Waals surface area contributed by atoms with Crippen molar-refractivity contribution in [2.24, 2.45) is 5.14 Å². The topological polar surface area (TPSA) is 125 Å². The van der Waals surface area contributed by atoms with Gasteiger partial charge in [-0.3, -0.25) is 4.72 Å². The number of nitrogens with two attached hydrogens (primary N) is 1. The first kappa shape index (κ1) is 19.0. The Morgan fingerprint density at radius 2 is 1.60 bits per heavy atom. The highest BCUT2D eigenvalue weighted by Gasteiger charge is 2.21. The summed E-state index contributed by atoms with van der Waals surface area (Å²) in [5.74, 6) is 0.202. The molecule has 0 unspecified atom stereocenters. The van der Waals surface area contributed by atoms with Gasteiger partial charge in [0.05, 0.1) is 20.0 Å². The van der Waals surface area contributed by atoms with Crippen molar-refractivity contribution in [3.63, 3.8) is 0 Å². The molecule has 0 saturated carbocycles. The second-order valence-electron chi connectivity index (χ2n) is 5.13. The van der Waals surface area contributed by atoms with Gasteiger partial charge in [0.1, 0.15) is 16.4 Å². The zero-order chi connectivity index (χ0) is 18.7. The van der Waals surface area contributed by atoms with Crippen molar-refractivity contribution >= 4 is 25.7 Å². The summed E-state index contributed by atoms with van der Waals surface area (Å²) in [6.45, 7) is 0. The van der Waals surface area contributed by atoms with Gasteiger partial charge in [-0.1, -0.05) is 12.1 Å². The fourth-order valence-electron chi connectivity index (χ4n) is 2.11. The number of benzene rings is 2. The lowest BCUT2D eigenvalue weighted by molar-refractivity contribution is 0.392. The van der Waals surface area contributed by atoms with Crippen LogP contribution in [0.5, 0.6) is 11.5 Å². The number of anilines is 1. The van der Waals surface area contributed by atoms with Crippen molar-refractivity contribution in [1.82, 2.24) is 0 Å². The average Bonchev–Trinajstić information content (AvgIpc) is 2.54. The van der Waals surface area contributed by atoms with E-state index in [-0.39, 0.29) is 22.1 Å². The minimum atomic E-state index is -3.93. The highest BCUT2D eigenvalue weighted by atomic mass is 32.2. The SMILES string of the molecule is COc1ccc(OC)c(S(=O)(=O)Nc2ccc(CS(N)(=O)=O)cc2)c1. The number of sulfonamides is 2. The molecule has 0 atom stereocenters. The molecule has 25 heavy (non-hydrogen) atoms. The summed E-state index contributed by atoms with van der Waals surface area (Å²) in [6.07, 6.45) is 0. The lowest BCUT2D eigenvalue weighted by Crippen LogP contribution is -2.15. The summed E-state index contributed by atoms with van der Waals surface area (Å²) in [5.41, 5.74) is 0.715. The number of ether oxygens (including phenoxy) is 2. The zero-order valence-electron chi connectivity index (χ0n) is 13.6. The molecule has 0 spiro atoms. The highest BCUT2D eigenvalue weighted by molar-refractivity contribution is 7.92. The molecule has 0 fully saturated rings. The second kappa shape index (κ2) is 7.30. The minimum absolute atomic E-state index is 0.0806. The molecule has 0 aliphatic carbocycles. The molecule has 0 bridgehead atoms. The summed E-state index contributed by atoms with van der Waals surface area (Å²) < 4.78 is 59.9. The maximum absolute atomic E-state index is 12.6. The highest BCUT2D eigenvalue weighted by Crippen LogP contribution is 2.29. The van der Waals surface area contributed by atoms with E-state index in [2.05, 4.69) is 4.72 Å². The fourth-order valence-corrected chi connectivity index (χ4v) is 4.01. The van der Waals surface area contributed by atoms with Crippen LogP contribution in [-0.2, 0) is 25.8 Å². The molecule has 2 aromatic rings. The summed E-state index contributed by atoms with van der Waals surface area (Å²) in [4.78, 5) is -0.0806. The van der Waals surface area contributed by atoms with Crippen LogP contribution in [0, 0.1) is 0 Å². The van der Waals surface area contributed by atoms with E-state index < -0.39 is 20.0 Å². The predicted octanol–water partition coefficient (Wildman–Crippen LogP) is 1.29. The first-order chi connectivity index (χ1) is 11.6. The maximum atomic E-state index is 12.6. The molecule has 136 valence electrons. The van der Waals surface area contributed by atoms with Gasteiger partial charge in [0.15, 0.2) is 0 Å². The van der Waals surface area contributed by atoms with Gasteiger partial charge in [-0.25, -0.2) is 22.0 Å². The Morgan fingerprint density at radius 1 is 0.960 bits per heavy atom. The molecule has 0 saturated heterocycles. The van der Waals surface area contributed by atoms with Crippen LogP contribution in [-0.4, -0.2) is 31.1 Å². The minimum Gasteiger partial charge on any atom is -0.497 e. The number of hydrogen-bond acceptors (Lipinski definition) is 6. The predicted molar refractivity (Wildman–Crippen MR) is 93.6 cm³/mol. The van der Waals surface area contributed by atoms with Gasteiger partial charge in [-0.15, -0.1) is 0 Å². The molecular weight excluding hydrogens is 368 g/mol. The van der Waals surface area contributed by atoms with Gasteiger partial charge in [0, 0.05) is 11.8 Å². The van der Waals surface area contributed by atoms with Crippen LogP contribution in [0.15, 0.2) is 47.4 Å². The van der Waals surface area contributed by atoms with Crippen molar-refractivity contribution in [1.29, 1.82) is 0 Å². The molecule has 8 nitrogen and oxygen atoms in total. The standard InChI is InChI=1S/C15H18N2O6S2/c1-22-13-7-8-14(23-2)15(9-13)25(20,21)17-12-5-3-11(4-6-12)10-24(16,18)19/h3-9,17H,10H2,1-2H3,(H2,16,18,19). The van der Waals surface area contributed by atoms with Gasteiger partial charge in [-0.05, 0) is 29.8 Å². The van der Waals surface area contributed by atoms with Crippen LogP contribution in [0.2, 0.25) is 0 Å². The van der Waals surface area contributed by atoms with E-state index in [9.17, 15) is 16.8 Å². The Kier molecular flexibility index (Phi) is 5.55. The third-order valence-corrected chi connectivity index (χ3v) is 5.37. The van der Waals surface area contributed by atoms with Crippen LogP contribution < -0.4 is 19.3 Å². The fraction of sp³-hybridized carbons (Fsp3) is 0.200. The van der Waals surface area contributed by atoms with Crippen molar-refractivity contribution in [2.75, 3.05) is 18.9 Å². The number of rotatable bonds is 7. The smallest absolute Gasteiger partial charge is 0.265 e. The third kappa shape index (κ3) is 5.08. The van der Waals surface area contributed by atoms with E-state index in [0.29, 0.717) is 11.3 Å². The van der Waals surface area contributed by atoms with Crippen molar-refractivity contribution < 1.29 is 26.3 Å². The second-order valence-corrected chi connectivity index (χ2v) is 8.39. The molecule has 2 rings (SSSR count). The van der Waals surface area contributed by atoms with E-state index >= 15 is 0 Å². The first-order valence-corrected chi connectivity index (χ1v) is 10.2. The summed E-state index contributed by atoms with van der Waals surface area (Å²) in [5, 5.41) is 4.98. The molecule has 3 N–H and O–H groups in total. The van der Waals surface area contributed by atoms with Gasteiger partial charge < -0.3 is 9.47 Å². The third-order valence-electron chi connectivity index (χ3n) is 3.23. The lowest BCUT2D eigenvalue weighted by Gasteiger charge is -2.13. The van der Waals surface area contributed by atoms with E-state index in [4.69, 9.17) is 14.6 Å². The van der Waals surface area contributed by atoms with Crippen LogP contribution in [0.3, 0.4) is 0 Å². The maximum Gasteiger partial charge on any atom is 0.265 e. The van der Waals surface area contributed by atoms with E-state index in [0.717, 1.165) is 0 Å². The molecule has 0 aliphatic heterocycles. The van der Waals surface area contributed by atoms with Crippen molar-refractivity contribution in [2.45, 2.75) is 10.6 Å². The normalized spacial score (nSPS) is 11.8. The molecule has 0 radical (unpaired) electrons. The zero-order valence-corrected chi connectivity index (χ0v) is 15.2. The molecule has 0 amide bonds. The lowest BCUT2D eigenvalue weighted by atomic mass is 10.2. The van der Waals surface area contributed by atoms with E-state index in [1.807, 2.05) is 0 Å². The summed E-state index contributed by atoms with van der Waals surface area (Å²) in [7, 11) is -4.80. The first-order valence-electron chi connectivity index (χ1n) is 6.99. The molecule has 0 aliphatic rings. The van der Waals surface area contributed by atoms with Crippen molar-refractivity contribution in [3.8, 4) is 11.5 Å². The molecule has 0 aromatic heterocycles. The Balaban J connectivity index is 2.30.